The predicted octanol–water partition coefficient (Wildman–Crippen LogP) is 7.93. The van der Waals surface area contributed by atoms with Crippen LogP contribution in [0.25, 0.3) is 22.0 Å². The lowest BCUT2D eigenvalue weighted by atomic mass is 9.97. The second-order valence-corrected chi connectivity index (χ2v) is 14.9. The lowest BCUT2D eigenvalue weighted by Gasteiger charge is -2.10. The summed E-state index contributed by atoms with van der Waals surface area (Å²) < 4.78 is 37.3. The minimum Gasteiger partial charge on any atom is -0.401 e. The number of hydrogen-bond donors (Lipinski definition) is 2. The molecule has 202 valence electrons. The molecule has 11 heteroatoms. The molecule has 4 rings (SSSR count). The van der Waals surface area contributed by atoms with Crippen molar-refractivity contribution in [2.75, 3.05) is 5.32 Å². The number of alkyl halides is 2. The van der Waals surface area contributed by atoms with E-state index in [1.54, 1.807) is 30.4 Å². The highest BCUT2D eigenvalue weighted by Crippen LogP contribution is 2.49. The van der Waals surface area contributed by atoms with E-state index in [4.69, 9.17) is 0 Å². The molecule has 1 unspecified atom stereocenters. The Balaban J connectivity index is 0.000000650. The third-order valence-corrected chi connectivity index (χ3v) is 5.22. The summed E-state index contributed by atoms with van der Waals surface area (Å²) in [6.07, 6.45) is 9.77. The highest BCUT2D eigenvalue weighted by molar-refractivity contribution is 14.1. The number of hydrogen-bond acceptors (Lipinski definition) is 4. The SMILES string of the molecule is C=C(/C=C(C)\C(=C/C)c1cnc2cc(NC(=O)C3CC3(F)F)ncc2c1)c1ccn[nH]1.CCC.[CH3][Al]([F])[I]. The first-order valence-electron chi connectivity index (χ1n) is 12.2. The van der Waals surface area contributed by atoms with E-state index in [1.807, 2.05) is 58.4 Å². The summed E-state index contributed by atoms with van der Waals surface area (Å²) in [4.78, 5) is 20.5. The molecule has 0 radical (unpaired) electrons. The summed E-state index contributed by atoms with van der Waals surface area (Å²) in [5, 5.41) is 10.0. The molecule has 3 aromatic rings. The van der Waals surface area contributed by atoms with E-state index < -0.39 is 35.5 Å². The van der Waals surface area contributed by atoms with Crippen LogP contribution in [0, 0.1) is 5.92 Å². The van der Waals surface area contributed by atoms with Gasteiger partial charge in [-0.25, -0.2) is 13.8 Å². The van der Waals surface area contributed by atoms with Gasteiger partial charge in [-0.2, -0.15) is 25.4 Å². The zero-order valence-electron chi connectivity index (χ0n) is 22.2. The van der Waals surface area contributed by atoms with Crippen LogP contribution >= 0.6 is 20.3 Å². The molecule has 1 fully saturated rings. The number of allylic oxidation sites excluding steroid dienone is 5. The minimum atomic E-state index is -2.91. The van der Waals surface area contributed by atoms with Gasteiger partial charge in [-0.05, 0) is 48.8 Å². The molecule has 0 bridgehead atoms. The molecule has 0 saturated heterocycles. The average molecular weight is 653 g/mol. The average Bonchev–Trinajstić information content (AvgIpc) is 3.21. The van der Waals surface area contributed by atoms with Crippen LogP contribution in [-0.2, 0) is 4.79 Å². The standard InChI is InChI=1S/C23H21F2N5O.C3H8.CH3.Al.FH.HI/c1-4-17(13(2)7-14(3)19-5-6-28-30-19)15-8-16-12-27-21(9-20(16)26-11-15)29-22(31)18-10-23(18,24)25;1-3-2;;;;/h4-9,11-12,18H,3,10H2,1-2H3,(H,28,30)(H,27,29,31);3H2,1-2H3;1H3;;2*1H/q;;;+2;;/p-2/b13-7-,17-4+;;;;;. The van der Waals surface area contributed by atoms with E-state index in [1.165, 1.54) is 6.42 Å². The number of fused-ring (bicyclic) bond motifs is 1. The van der Waals surface area contributed by atoms with Gasteiger partial charge in [0.25, 0.3) is 5.92 Å². The molecular weight excluding hydrogens is 621 g/mol. The fourth-order valence-electron chi connectivity index (χ4n) is 3.42. The second kappa shape index (κ2) is 14.6. The topological polar surface area (TPSA) is 83.6 Å². The van der Waals surface area contributed by atoms with Crippen LogP contribution in [0.2, 0.25) is 5.79 Å². The Morgan fingerprint density at radius 1 is 1.32 bits per heavy atom. The summed E-state index contributed by atoms with van der Waals surface area (Å²) in [6.45, 7) is 12.3. The second-order valence-electron chi connectivity index (χ2n) is 8.74. The number of pyridine rings is 2. The van der Waals surface area contributed by atoms with Gasteiger partial charge in [-0.1, -0.05) is 38.7 Å². The maximum atomic E-state index is 13.1. The molecule has 38 heavy (non-hydrogen) atoms. The molecule has 1 saturated carbocycles. The first-order chi connectivity index (χ1) is 17.9. The van der Waals surface area contributed by atoms with Crippen LogP contribution in [0.15, 0.2) is 61.1 Å². The number of halogens is 4. The van der Waals surface area contributed by atoms with Crippen molar-refractivity contribution < 1.29 is 17.1 Å². The third kappa shape index (κ3) is 9.36. The van der Waals surface area contributed by atoms with Gasteiger partial charge in [0.1, 0.15) is 11.7 Å². The summed E-state index contributed by atoms with van der Waals surface area (Å²) in [5.41, 5.74) is 5.15. The normalized spacial score (nSPS) is 16.0. The molecule has 1 aliphatic rings. The molecule has 2 N–H and O–H groups in total. The third-order valence-electron chi connectivity index (χ3n) is 5.22. The van der Waals surface area contributed by atoms with Gasteiger partial charge in [0.2, 0.25) is 5.91 Å². The van der Waals surface area contributed by atoms with Gasteiger partial charge < -0.3 is 8.84 Å². The van der Waals surface area contributed by atoms with Gasteiger partial charge in [-0.3, -0.25) is 14.9 Å². The minimum absolute atomic E-state index is 0.207. The van der Waals surface area contributed by atoms with Crippen LogP contribution in [0.1, 0.15) is 51.8 Å². The quantitative estimate of drug-likeness (QED) is 0.161. The van der Waals surface area contributed by atoms with E-state index in [0.29, 0.717) is 5.52 Å². The Morgan fingerprint density at radius 3 is 2.47 bits per heavy atom. The van der Waals surface area contributed by atoms with Crippen LogP contribution in [0.4, 0.5) is 18.1 Å². The van der Waals surface area contributed by atoms with Crippen molar-refractivity contribution in [1.29, 1.82) is 0 Å². The molecule has 6 nitrogen and oxygen atoms in total. The van der Waals surface area contributed by atoms with Crippen molar-refractivity contribution >= 4 is 65.4 Å². The number of carbonyl (C=O) groups is 1. The Labute approximate surface area is 237 Å². The molecule has 0 aliphatic heterocycles. The van der Waals surface area contributed by atoms with Crippen LogP contribution < -0.4 is 5.32 Å². The monoisotopic (exact) mass is 653 g/mol. The molecule has 0 spiro atoms. The van der Waals surface area contributed by atoms with Crippen LogP contribution in [0.5, 0.6) is 0 Å². The molecule has 0 aromatic carbocycles. The zero-order valence-corrected chi connectivity index (χ0v) is 25.5. The van der Waals surface area contributed by atoms with E-state index in [0.717, 1.165) is 33.4 Å². The Bertz CT molecular complexity index is 1310. The van der Waals surface area contributed by atoms with Gasteiger partial charge in [0, 0.05) is 42.0 Å². The Morgan fingerprint density at radius 2 is 1.95 bits per heavy atom. The van der Waals surface area contributed by atoms with E-state index >= 15 is 0 Å². The van der Waals surface area contributed by atoms with Crippen molar-refractivity contribution in [2.24, 2.45) is 5.92 Å². The number of aromatic nitrogens is 4. The number of nitrogens with one attached hydrogen (secondary N) is 2. The highest BCUT2D eigenvalue weighted by Gasteiger charge is 2.61. The van der Waals surface area contributed by atoms with E-state index in [-0.39, 0.29) is 5.82 Å². The number of nitrogens with zero attached hydrogens (tertiary/aromatic N) is 3. The van der Waals surface area contributed by atoms with Crippen molar-refractivity contribution in [3.63, 3.8) is 0 Å². The number of aromatic amines is 1. The summed E-state index contributed by atoms with van der Waals surface area (Å²) in [7, 11) is 0. The number of rotatable bonds is 6. The van der Waals surface area contributed by atoms with E-state index in [9.17, 15) is 17.1 Å². The maximum absolute atomic E-state index is 13.1. The summed E-state index contributed by atoms with van der Waals surface area (Å²) in [5.74, 6) is -3.07. The molecular formula is C27H32AlF3IN5O. The molecule has 1 aliphatic carbocycles. The number of carbonyl (C=O) groups excluding carboxylic acids is 1. The molecule has 1 amide bonds. The van der Waals surface area contributed by atoms with Crippen molar-refractivity contribution in [3.8, 4) is 0 Å². The molecule has 3 aromatic heterocycles. The number of H-pyrrole nitrogens is 1. The van der Waals surface area contributed by atoms with Gasteiger partial charge in [0.15, 0.2) is 0 Å². The Hall–Kier alpha value is -2.49. The number of anilines is 1. The van der Waals surface area contributed by atoms with E-state index in [2.05, 4.69) is 45.9 Å². The predicted molar refractivity (Wildman–Crippen MR) is 159 cm³/mol. The van der Waals surface area contributed by atoms with Gasteiger partial charge in [0.05, 0.1) is 11.2 Å². The highest BCUT2D eigenvalue weighted by atomic mass is 127. The van der Waals surface area contributed by atoms with Gasteiger partial charge in [-0.15, -0.1) is 0 Å². The Kier molecular flexibility index (Phi) is 12.2. The lowest BCUT2D eigenvalue weighted by Crippen LogP contribution is -2.18. The number of amides is 1. The molecule has 3 heterocycles. The van der Waals surface area contributed by atoms with Gasteiger partial charge >= 0.3 is 11.3 Å². The smallest absolute Gasteiger partial charge is 0.401 e. The molecule has 1 atom stereocenters. The van der Waals surface area contributed by atoms with Crippen molar-refractivity contribution in [2.45, 2.75) is 52.2 Å². The fraction of sp³-hybridized carbons (Fsp3) is 0.333. The van der Waals surface area contributed by atoms with Crippen molar-refractivity contribution in [1.82, 2.24) is 20.2 Å². The van der Waals surface area contributed by atoms with Crippen LogP contribution in [-0.4, -0.2) is 43.3 Å². The first-order valence-corrected chi connectivity index (χ1v) is 18.0. The zero-order chi connectivity index (χ0) is 28.5. The summed E-state index contributed by atoms with van der Waals surface area (Å²) >= 11 is 0.147. The lowest BCUT2D eigenvalue weighted by molar-refractivity contribution is -0.119. The van der Waals surface area contributed by atoms with Crippen LogP contribution in [0.3, 0.4) is 0 Å². The summed E-state index contributed by atoms with van der Waals surface area (Å²) in [6, 6.07) is 5.38. The fourth-order valence-corrected chi connectivity index (χ4v) is 3.42. The first kappa shape index (κ1) is 31.7. The largest absolute Gasteiger partial charge is 0.594 e. The maximum Gasteiger partial charge on any atom is 0.594 e. The van der Waals surface area contributed by atoms with Crippen molar-refractivity contribution in [3.05, 3.63) is 72.4 Å².